The molecule has 0 N–H and O–H groups in total. The van der Waals surface area contributed by atoms with E-state index in [0.717, 1.165) is 99.4 Å². The van der Waals surface area contributed by atoms with Crippen LogP contribution in [0.25, 0.3) is 99.4 Å². The van der Waals surface area contributed by atoms with Gasteiger partial charge in [-0.1, -0.05) is 24.3 Å². The molecule has 0 saturated carbocycles. The average molecular weight is 593 g/mol. The Labute approximate surface area is 258 Å². The maximum atomic E-state index is 6.72. The maximum Gasteiger partial charge on any atom is 0.159 e. The highest BCUT2D eigenvalue weighted by Crippen LogP contribution is 2.42. The predicted molar refractivity (Wildman–Crippen MR) is 181 cm³/mol. The number of hydrogen-bond acceptors (Lipinski definition) is 6. The third kappa shape index (κ3) is 2.97. The van der Waals surface area contributed by atoms with Crippen LogP contribution in [0, 0.1) is 0 Å². The van der Waals surface area contributed by atoms with Crippen molar-refractivity contribution in [1.29, 1.82) is 0 Å². The molecule has 8 heterocycles. The van der Waals surface area contributed by atoms with Crippen molar-refractivity contribution in [3.63, 3.8) is 0 Å². The number of benzene rings is 3. The average Bonchev–Trinajstić information content (AvgIpc) is 3.85. The summed E-state index contributed by atoms with van der Waals surface area (Å²) < 4.78 is 17.7. The third-order valence-corrected chi connectivity index (χ3v) is 9.12. The zero-order valence-corrected chi connectivity index (χ0v) is 24.0. The van der Waals surface area contributed by atoms with E-state index in [1.165, 1.54) is 0 Å². The summed E-state index contributed by atoms with van der Waals surface area (Å²) in [7, 11) is 0. The van der Waals surface area contributed by atoms with E-state index in [9.17, 15) is 0 Å². The van der Waals surface area contributed by atoms with E-state index in [4.69, 9.17) is 18.8 Å². The first-order chi connectivity index (χ1) is 22.8. The molecule has 0 amide bonds. The Balaban J connectivity index is 1.18. The molecule has 8 heteroatoms. The lowest BCUT2D eigenvalue weighted by atomic mass is 10.1. The largest absolute Gasteiger partial charge is 0.454 e. The van der Waals surface area contributed by atoms with Crippen LogP contribution in [0.2, 0.25) is 0 Å². The van der Waals surface area contributed by atoms with Crippen molar-refractivity contribution in [3.8, 4) is 11.4 Å². The minimum atomic E-state index is 0.785. The molecule has 0 atom stereocenters. The normalized spacial score (nSPS) is 12.3. The van der Waals surface area contributed by atoms with Crippen LogP contribution < -0.4 is 0 Å². The number of nitrogens with zero attached hydrogens (tertiary/aromatic N) is 6. The van der Waals surface area contributed by atoms with Gasteiger partial charge in [0.1, 0.15) is 22.5 Å². The van der Waals surface area contributed by atoms with E-state index in [-0.39, 0.29) is 0 Å². The summed E-state index contributed by atoms with van der Waals surface area (Å²) in [5.74, 6) is 0. The van der Waals surface area contributed by atoms with Crippen molar-refractivity contribution in [2.75, 3.05) is 0 Å². The molecule has 0 radical (unpaired) electrons. The Morgan fingerprint density at radius 3 is 1.35 bits per heavy atom. The second kappa shape index (κ2) is 8.55. The smallest absolute Gasteiger partial charge is 0.159 e. The molecular formula is C38H20N6O2. The second-order valence-electron chi connectivity index (χ2n) is 11.5. The molecule has 0 fully saturated rings. The topological polar surface area (TPSA) is 87.7 Å². The van der Waals surface area contributed by atoms with Gasteiger partial charge < -0.3 is 8.83 Å². The van der Waals surface area contributed by atoms with E-state index in [0.29, 0.717) is 0 Å². The van der Waals surface area contributed by atoms with Crippen LogP contribution in [-0.2, 0) is 0 Å². The zero-order valence-electron chi connectivity index (χ0n) is 24.0. The van der Waals surface area contributed by atoms with E-state index in [1.807, 2.05) is 49.1 Å². The molecule has 11 rings (SSSR count). The van der Waals surface area contributed by atoms with E-state index in [1.54, 1.807) is 0 Å². The lowest BCUT2D eigenvalue weighted by molar-refractivity contribution is 0.661. The zero-order chi connectivity index (χ0) is 29.9. The Morgan fingerprint density at radius 1 is 0.413 bits per heavy atom. The van der Waals surface area contributed by atoms with Gasteiger partial charge >= 0.3 is 0 Å². The lowest BCUT2D eigenvalue weighted by Gasteiger charge is -2.07. The third-order valence-electron chi connectivity index (χ3n) is 9.12. The highest BCUT2D eigenvalue weighted by atomic mass is 16.3. The van der Waals surface area contributed by atoms with Crippen molar-refractivity contribution in [1.82, 2.24) is 29.1 Å². The first kappa shape index (κ1) is 23.9. The van der Waals surface area contributed by atoms with Crippen molar-refractivity contribution in [2.45, 2.75) is 0 Å². The maximum absolute atomic E-state index is 6.72. The second-order valence-corrected chi connectivity index (χ2v) is 11.5. The molecule has 3 aromatic carbocycles. The summed E-state index contributed by atoms with van der Waals surface area (Å²) >= 11 is 0. The number of para-hydroxylation sites is 2. The predicted octanol–water partition coefficient (Wildman–Crippen LogP) is 9.26. The first-order valence-corrected chi connectivity index (χ1v) is 15.0. The fourth-order valence-electron chi connectivity index (χ4n) is 7.22. The fourth-order valence-corrected chi connectivity index (χ4v) is 7.22. The van der Waals surface area contributed by atoms with Crippen LogP contribution in [0.5, 0.6) is 0 Å². The van der Waals surface area contributed by atoms with Gasteiger partial charge in [-0.05, 0) is 72.8 Å². The Hall–Kier alpha value is -6.54. The Bertz CT molecular complexity index is 2740. The highest BCUT2D eigenvalue weighted by Gasteiger charge is 2.22. The van der Waals surface area contributed by atoms with Gasteiger partial charge in [-0.3, -0.25) is 19.1 Å². The number of pyridine rings is 4. The van der Waals surface area contributed by atoms with Gasteiger partial charge in [0.15, 0.2) is 11.2 Å². The van der Waals surface area contributed by atoms with Gasteiger partial charge in [0.05, 0.1) is 33.4 Å². The van der Waals surface area contributed by atoms with Gasteiger partial charge in [-0.25, -0.2) is 9.97 Å². The fraction of sp³-hybridized carbons (Fsp3) is 0. The molecule has 214 valence electrons. The first-order valence-electron chi connectivity index (χ1n) is 15.0. The quantitative estimate of drug-likeness (QED) is 0.199. The highest BCUT2D eigenvalue weighted by molar-refractivity contribution is 6.18. The van der Waals surface area contributed by atoms with Crippen molar-refractivity contribution in [3.05, 3.63) is 122 Å². The van der Waals surface area contributed by atoms with Crippen LogP contribution in [0.15, 0.2) is 131 Å². The lowest BCUT2D eigenvalue weighted by Crippen LogP contribution is -1.95. The Kier molecular flexibility index (Phi) is 4.43. The summed E-state index contributed by atoms with van der Waals surface area (Å²) in [5, 5.41) is 5.98. The summed E-state index contributed by atoms with van der Waals surface area (Å²) in [6.07, 6.45) is 7.27. The minimum absolute atomic E-state index is 0.785. The van der Waals surface area contributed by atoms with Gasteiger partial charge in [-0.2, -0.15) is 0 Å². The van der Waals surface area contributed by atoms with Gasteiger partial charge in [0.25, 0.3) is 0 Å². The van der Waals surface area contributed by atoms with E-state index in [2.05, 4.69) is 91.9 Å². The molecule has 0 aliphatic rings. The van der Waals surface area contributed by atoms with Crippen LogP contribution in [0.4, 0.5) is 0 Å². The molecule has 11 aromatic rings. The van der Waals surface area contributed by atoms with Crippen LogP contribution in [0.1, 0.15) is 0 Å². The number of aromatic nitrogens is 6. The van der Waals surface area contributed by atoms with Crippen LogP contribution in [0.3, 0.4) is 0 Å². The summed E-state index contributed by atoms with van der Waals surface area (Å²) in [4.78, 5) is 18.9. The molecule has 0 aliphatic heterocycles. The number of rotatable bonds is 2. The van der Waals surface area contributed by atoms with Crippen molar-refractivity contribution >= 4 is 88.0 Å². The van der Waals surface area contributed by atoms with Crippen LogP contribution in [-0.4, -0.2) is 29.1 Å². The molecule has 0 aliphatic carbocycles. The molecule has 0 spiro atoms. The molecular weight excluding hydrogens is 572 g/mol. The van der Waals surface area contributed by atoms with Crippen molar-refractivity contribution in [2.24, 2.45) is 0 Å². The molecule has 8 aromatic heterocycles. The standard InChI is InChI=1S/C38H20N6O2/c1-7-21-25-19-32-26(20-31(25)45-35(21)29(11-1)43-27-13-5-15-39-33(27)23-9-3-17-41-37(23)43)22-8-2-12-30(36(22)46-32)44-28-14-6-16-40-34(28)24-10-4-18-42-38(24)44/h1-20H. The molecule has 8 nitrogen and oxygen atoms in total. The number of fused-ring (bicyclic) bond motifs is 12. The van der Waals surface area contributed by atoms with E-state index < -0.39 is 0 Å². The van der Waals surface area contributed by atoms with Gasteiger partial charge in [-0.15, -0.1) is 0 Å². The monoisotopic (exact) mass is 592 g/mol. The Morgan fingerprint density at radius 2 is 0.848 bits per heavy atom. The SMILES string of the molecule is c1cc(-n2c3cccnc3c3cccnc32)c2oc3cc4c(cc3c2c1)oc1c(-n2c3cccnc3c3cccnc32)cccc14. The molecule has 0 bridgehead atoms. The summed E-state index contributed by atoms with van der Waals surface area (Å²) in [6, 6.07) is 32.7. The van der Waals surface area contributed by atoms with E-state index >= 15 is 0 Å². The van der Waals surface area contributed by atoms with Gasteiger partial charge in [0, 0.05) is 57.1 Å². The number of hydrogen-bond donors (Lipinski definition) is 0. The molecule has 46 heavy (non-hydrogen) atoms. The van der Waals surface area contributed by atoms with Gasteiger partial charge in [0.2, 0.25) is 0 Å². The van der Waals surface area contributed by atoms with Crippen LogP contribution >= 0.6 is 0 Å². The molecule has 0 unspecified atom stereocenters. The number of furan rings is 2. The summed E-state index contributed by atoms with van der Waals surface area (Å²) in [5.41, 5.74) is 10.4. The minimum Gasteiger partial charge on any atom is -0.454 e. The molecule has 0 saturated heterocycles. The van der Waals surface area contributed by atoms with Crippen molar-refractivity contribution < 1.29 is 8.83 Å². The summed E-state index contributed by atoms with van der Waals surface area (Å²) in [6.45, 7) is 0.